The molecule has 21 heavy (non-hydrogen) atoms. The van der Waals surface area contributed by atoms with Crippen molar-refractivity contribution >= 4 is 17.3 Å². The largest absolute Gasteiger partial charge is 0.369 e. The van der Waals surface area contributed by atoms with Gasteiger partial charge in [0.2, 0.25) is 0 Å². The molecule has 1 aliphatic rings. The van der Waals surface area contributed by atoms with Gasteiger partial charge in [-0.1, -0.05) is 44.4 Å². The highest BCUT2D eigenvalue weighted by Gasteiger charge is 2.20. The van der Waals surface area contributed by atoms with Crippen molar-refractivity contribution in [3.8, 4) is 0 Å². The highest BCUT2D eigenvalue weighted by molar-refractivity contribution is 6.31. The standard InChI is InChI=1S/C18H29ClN2/c1-4-15-9-7-6-8-12-21(15)16-10-11-17(18(19)13-16)14(3)20-5-2/h10-11,13-15,20H,4-9,12H2,1-3H3. The minimum atomic E-state index is 0.308. The van der Waals surface area contributed by atoms with E-state index in [-0.39, 0.29) is 0 Å². The normalized spacial score (nSPS) is 21.1. The second-order valence-electron chi connectivity index (χ2n) is 6.09. The first kappa shape index (κ1) is 16.6. The maximum absolute atomic E-state index is 6.54. The van der Waals surface area contributed by atoms with Crippen molar-refractivity contribution < 1.29 is 0 Å². The maximum Gasteiger partial charge on any atom is 0.0474 e. The van der Waals surface area contributed by atoms with E-state index in [4.69, 9.17) is 11.6 Å². The summed E-state index contributed by atoms with van der Waals surface area (Å²) in [6.45, 7) is 8.72. The average molecular weight is 309 g/mol. The molecule has 0 radical (unpaired) electrons. The molecule has 1 saturated heterocycles. The van der Waals surface area contributed by atoms with Gasteiger partial charge in [-0.3, -0.25) is 0 Å². The van der Waals surface area contributed by atoms with E-state index in [1.807, 2.05) is 0 Å². The Labute approximate surface area is 134 Å². The second kappa shape index (κ2) is 8.05. The molecule has 1 aromatic rings. The summed E-state index contributed by atoms with van der Waals surface area (Å²) in [7, 11) is 0. The molecule has 2 rings (SSSR count). The summed E-state index contributed by atoms with van der Waals surface area (Å²) in [6.07, 6.45) is 6.54. The Kier molecular flexibility index (Phi) is 6.38. The van der Waals surface area contributed by atoms with Crippen LogP contribution < -0.4 is 10.2 Å². The van der Waals surface area contributed by atoms with Gasteiger partial charge in [0, 0.05) is 29.3 Å². The molecular formula is C18H29ClN2. The Morgan fingerprint density at radius 3 is 2.76 bits per heavy atom. The number of halogens is 1. The Hall–Kier alpha value is -0.730. The molecule has 1 aliphatic heterocycles. The van der Waals surface area contributed by atoms with Crippen molar-refractivity contribution in [3.63, 3.8) is 0 Å². The molecule has 1 aromatic carbocycles. The topological polar surface area (TPSA) is 15.3 Å². The van der Waals surface area contributed by atoms with E-state index in [2.05, 4.69) is 49.2 Å². The van der Waals surface area contributed by atoms with E-state index >= 15 is 0 Å². The van der Waals surface area contributed by atoms with Gasteiger partial charge in [-0.05, 0) is 50.4 Å². The van der Waals surface area contributed by atoms with Crippen LogP contribution in [0, 0.1) is 0 Å². The predicted molar refractivity (Wildman–Crippen MR) is 93.4 cm³/mol. The monoisotopic (exact) mass is 308 g/mol. The molecule has 2 atom stereocenters. The van der Waals surface area contributed by atoms with E-state index in [1.54, 1.807) is 0 Å². The third kappa shape index (κ3) is 4.14. The fraction of sp³-hybridized carbons (Fsp3) is 0.667. The lowest BCUT2D eigenvalue weighted by molar-refractivity contribution is 0.556. The molecule has 0 amide bonds. The van der Waals surface area contributed by atoms with Gasteiger partial charge in [0.05, 0.1) is 0 Å². The smallest absolute Gasteiger partial charge is 0.0474 e. The molecule has 0 bridgehead atoms. The zero-order valence-electron chi connectivity index (χ0n) is 13.7. The Balaban J connectivity index is 2.21. The van der Waals surface area contributed by atoms with Crippen LogP contribution in [0.2, 0.25) is 5.02 Å². The third-order valence-corrected chi connectivity index (χ3v) is 4.97. The number of hydrogen-bond donors (Lipinski definition) is 1. The summed E-state index contributed by atoms with van der Waals surface area (Å²) in [5.41, 5.74) is 2.49. The van der Waals surface area contributed by atoms with E-state index in [1.165, 1.54) is 43.4 Å². The predicted octanol–water partition coefficient (Wildman–Crippen LogP) is 5.17. The average Bonchev–Trinajstić information content (AvgIpc) is 2.72. The van der Waals surface area contributed by atoms with Gasteiger partial charge in [-0.25, -0.2) is 0 Å². The Bertz CT molecular complexity index is 447. The van der Waals surface area contributed by atoms with Crippen LogP contribution >= 0.6 is 11.6 Å². The summed E-state index contributed by atoms with van der Waals surface area (Å²) >= 11 is 6.54. The first-order chi connectivity index (χ1) is 10.2. The van der Waals surface area contributed by atoms with Gasteiger partial charge in [-0.15, -0.1) is 0 Å². The molecule has 0 aliphatic carbocycles. The summed E-state index contributed by atoms with van der Waals surface area (Å²) in [5, 5.41) is 4.32. The fourth-order valence-corrected chi connectivity index (χ4v) is 3.74. The summed E-state index contributed by atoms with van der Waals surface area (Å²) < 4.78 is 0. The summed E-state index contributed by atoms with van der Waals surface area (Å²) in [4.78, 5) is 2.57. The molecule has 2 nitrogen and oxygen atoms in total. The molecular weight excluding hydrogens is 280 g/mol. The summed E-state index contributed by atoms with van der Waals surface area (Å²) in [6, 6.07) is 7.59. The number of nitrogens with one attached hydrogen (secondary N) is 1. The van der Waals surface area contributed by atoms with Crippen LogP contribution in [0.1, 0.15) is 64.5 Å². The molecule has 1 N–H and O–H groups in total. The van der Waals surface area contributed by atoms with Gasteiger partial charge in [0.15, 0.2) is 0 Å². The zero-order valence-corrected chi connectivity index (χ0v) is 14.4. The summed E-state index contributed by atoms with van der Waals surface area (Å²) in [5.74, 6) is 0. The second-order valence-corrected chi connectivity index (χ2v) is 6.50. The minimum Gasteiger partial charge on any atom is -0.369 e. The minimum absolute atomic E-state index is 0.308. The highest BCUT2D eigenvalue weighted by atomic mass is 35.5. The molecule has 118 valence electrons. The SMILES string of the molecule is CCNC(C)c1ccc(N2CCCCCC2CC)cc1Cl. The van der Waals surface area contributed by atoms with Crippen LogP contribution in [-0.2, 0) is 0 Å². The van der Waals surface area contributed by atoms with Gasteiger partial charge in [0.1, 0.15) is 0 Å². The molecule has 1 fully saturated rings. The molecule has 3 heteroatoms. The third-order valence-electron chi connectivity index (χ3n) is 4.64. The zero-order chi connectivity index (χ0) is 15.2. The lowest BCUT2D eigenvalue weighted by Crippen LogP contribution is -2.34. The Morgan fingerprint density at radius 1 is 1.29 bits per heavy atom. The lowest BCUT2D eigenvalue weighted by atomic mass is 10.0. The molecule has 0 saturated carbocycles. The molecule has 1 heterocycles. The fourth-order valence-electron chi connectivity index (χ4n) is 3.40. The van der Waals surface area contributed by atoms with Crippen molar-refractivity contribution in [2.24, 2.45) is 0 Å². The van der Waals surface area contributed by atoms with Crippen LogP contribution in [0.4, 0.5) is 5.69 Å². The first-order valence-electron chi connectivity index (χ1n) is 8.46. The van der Waals surface area contributed by atoms with Crippen molar-refractivity contribution in [2.45, 2.75) is 65.0 Å². The number of hydrogen-bond acceptors (Lipinski definition) is 2. The van der Waals surface area contributed by atoms with Crippen LogP contribution in [0.5, 0.6) is 0 Å². The van der Waals surface area contributed by atoms with Crippen LogP contribution in [0.25, 0.3) is 0 Å². The van der Waals surface area contributed by atoms with Gasteiger partial charge in [0.25, 0.3) is 0 Å². The van der Waals surface area contributed by atoms with Gasteiger partial charge >= 0.3 is 0 Å². The Morgan fingerprint density at radius 2 is 2.10 bits per heavy atom. The number of anilines is 1. The van der Waals surface area contributed by atoms with E-state index in [0.717, 1.165) is 18.1 Å². The highest BCUT2D eigenvalue weighted by Crippen LogP contribution is 2.31. The van der Waals surface area contributed by atoms with E-state index in [9.17, 15) is 0 Å². The van der Waals surface area contributed by atoms with Crippen LogP contribution in [-0.4, -0.2) is 19.1 Å². The maximum atomic E-state index is 6.54. The van der Waals surface area contributed by atoms with Crippen molar-refractivity contribution in [1.82, 2.24) is 5.32 Å². The quantitative estimate of drug-likeness (QED) is 0.807. The number of benzene rings is 1. The molecule has 0 spiro atoms. The number of rotatable bonds is 5. The van der Waals surface area contributed by atoms with Crippen LogP contribution in [0.15, 0.2) is 18.2 Å². The van der Waals surface area contributed by atoms with Crippen molar-refractivity contribution in [2.75, 3.05) is 18.0 Å². The van der Waals surface area contributed by atoms with Gasteiger partial charge < -0.3 is 10.2 Å². The van der Waals surface area contributed by atoms with Crippen molar-refractivity contribution in [1.29, 1.82) is 0 Å². The van der Waals surface area contributed by atoms with E-state index in [0.29, 0.717) is 12.1 Å². The lowest BCUT2D eigenvalue weighted by Gasteiger charge is -2.32. The number of nitrogens with zero attached hydrogens (tertiary/aromatic N) is 1. The first-order valence-corrected chi connectivity index (χ1v) is 8.84. The van der Waals surface area contributed by atoms with Crippen molar-refractivity contribution in [3.05, 3.63) is 28.8 Å². The van der Waals surface area contributed by atoms with E-state index < -0.39 is 0 Å². The molecule has 0 aromatic heterocycles. The molecule has 2 unspecified atom stereocenters. The van der Waals surface area contributed by atoms with Crippen LogP contribution in [0.3, 0.4) is 0 Å². The van der Waals surface area contributed by atoms with Gasteiger partial charge in [-0.2, -0.15) is 0 Å².